The van der Waals surface area contributed by atoms with Crippen molar-refractivity contribution in [3.8, 4) is 17.2 Å². The molecule has 1 N–H and O–H groups in total. The molecule has 0 saturated carbocycles. The van der Waals surface area contributed by atoms with Gasteiger partial charge in [-0.2, -0.15) is 0 Å². The number of halogens is 3. The average Bonchev–Trinajstić information content (AvgIpc) is 2.25. The van der Waals surface area contributed by atoms with Crippen LogP contribution in [0.4, 0.5) is 0 Å². The minimum absolute atomic E-state index is 0. The molecule has 2 rings (SSSR count). The minimum Gasteiger partial charge on any atom is -0.504 e. The van der Waals surface area contributed by atoms with Gasteiger partial charge in [0.2, 0.25) is 0 Å². The number of ether oxygens (including phenoxy) is 1. The molecular formula is C12H9Cl3MgO2. The quantitative estimate of drug-likeness (QED) is 0.840. The van der Waals surface area contributed by atoms with E-state index in [-0.39, 0.29) is 34.6 Å². The van der Waals surface area contributed by atoms with Gasteiger partial charge < -0.3 is 9.84 Å². The lowest BCUT2D eigenvalue weighted by molar-refractivity contribution is 0.411. The number of benzene rings is 2. The first kappa shape index (κ1) is 15.7. The average molecular weight is 316 g/mol. The minimum atomic E-state index is -0.0523. The highest BCUT2D eigenvalue weighted by molar-refractivity contribution is 6.35. The van der Waals surface area contributed by atoms with Gasteiger partial charge in [-0.15, -0.1) is 0 Å². The van der Waals surface area contributed by atoms with E-state index in [2.05, 4.69) is 0 Å². The van der Waals surface area contributed by atoms with Crippen molar-refractivity contribution in [3.63, 3.8) is 0 Å². The van der Waals surface area contributed by atoms with E-state index >= 15 is 0 Å². The molecular weight excluding hydrogens is 307 g/mol. The number of phenols is 1. The summed E-state index contributed by atoms with van der Waals surface area (Å²) in [4.78, 5) is 0. The van der Waals surface area contributed by atoms with E-state index in [4.69, 9.17) is 39.5 Å². The molecule has 0 bridgehead atoms. The van der Waals surface area contributed by atoms with Crippen LogP contribution >= 0.6 is 34.8 Å². The largest absolute Gasteiger partial charge is 0.504 e. The van der Waals surface area contributed by atoms with Crippen LogP contribution in [0, 0.1) is 0 Å². The summed E-state index contributed by atoms with van der Waals surface area (Å²) in [6.45, 7) is 0. The maximum absolute atomic E-state index is 9.62. The van der Waals surface area contributed by atoms with Crippen LogP contribution in [0.3, 0.4) is 0 Å². The van der Waals surface area contributed by atoms with Gasteiger partial charge in [-0.25, -0.2) is 0 Å². The molecule has 0 amide bonds. The molecule has 0 unspecified atom stereocenters. The lowest BCUT2D eigenvalue weighted by atomic mass is 10.3. The van der Waals surface area contributed by atoms with E-state index in [0.717, 1.165) is 0 Å². The van der Waals surface area contributed by atoms with Crippen LogP contribution in [0.5, 0.6) is 17.2 Å². The van der Waals surface area contributed by atoms with Gasteiger partial charge in [0.15, 0.2) is 11.5 Å². The number of phenolic OH excluding ortho intramolecular Hbond substituents is 1. The molecule has 0 heterocycles. The summed E-state index contributed by atoms with van der Waals surface area (Å²) in [6.07, 6.45) is 0. The highest BCUT2D eigenvalue weighted by Gasteiger charge is 2.08. The van der Waals surface area contributed by atoms with Gasteiger partial charge in [-0.05, 0) is 30.3 Å². The second kappa shape index (κ2) is 6.73. The molecule has 0 atom stereocenters. The molecule has 0 fully saturated rings. The molecule has 2 nitrogen and oxygen atoms in total. The molecule has 18 heavy (non-hydrogen) atoms. The van der Waals surface area contributed by atoms with Crippen LogP contribution in [-0.4, -0.2) is 28.2 Å². The first-order valence-corrected chi connectivity index (χ1v) is 5.81. The first-order valence-electron chi connectivity index (χ1n) is 4.67. The third kappa shape index (κ3) is 3.83. The summed E-state index contributed by atoms with van der Waals surface area (Å²) in [5, 5.41) is 10.9. The molecule has 0 aliphatic rings. The van der Waals surface area contributed by atoms with Crippen molar-refractivity contribution in [2.45, 2.75) is 0 Å². The lowest BCUT2D eigenvalue weighted by Gasteiger charge is -2.09. The molecule has 0 aliphatic heterocycles. The summed E-state index contributed by atoms with van der Waals surface area (Å²) >= 11 is 17.4. The van der Waals surface area contributed by atoms with Crippen LogP contribution < -0.4 is 4.74 Å². The fraction of sp³-hybridized carbons (Fsp3) is 0. The zero-order valence-corrected chi connectivity index (χ0v) is 10.7. The van der Waals surface area contributed by atoms with Crippen molar-refractivity contribution in [2.24, 2.45) is 0 Å². The van der Waals surface area contributed by atoms with Gasteiger partial charge in [0.1, 0.15) is 5.75 Å². The van der Waals surface area contributed by atoms with E-state index in [1.54, 1.807) is 30.3 Å². The number of rotatable bonds is 2. The Labute approximate surface area is 136 Å². The Morgan fingerprint density at radius 1 is 0.833 bits per heavy atom. The molecule has 6 heteroatoms. The van der Waals surface area contributed by atoms with E-state index in [1.807, 2.05) is 0 Å². The van der Waals surface area contributed by atoms with E-state index in [0.29, 0.717) is 20.8 Å². The second-order valence-electron chi connectivity index (χ2n) is 3.29. The predicted octanol–water partition coefficient (Wildman–Crippen LogP) is 4.23. The van der Waals surface area contributed by atoms with Crippen molar-refractivity contribution >= 4 is 57.9 Å². The lowest BCUT2D eigenvalue weighted by Crippen LogP contribution is -1.86. The Kier molecular flexibility index (Phi) is 5.88. The van der Waals surface area contributed by atoms with Crippen LogP contribution in [0.25, 0.3) is 0 Å². The summed E-state index contributed by atoms with van der Waals surface area (Å²) in [5.74, 6) is 0.635. The molecule has 0 radical (unpaired) electrons. The van der Waals surface area contributed by atoms with Gasteiger partial charge in [-0.1, -0.05) is 34.8 Å². The zero-order chi connectivity index (χ0) is 12.4. The number of aromatic hydroxyl groups is 1. The van der Waals surface area contributed by atoms with Gasteiger partial charge in [0, 0.05) is 16.1 Å². The first-order chi connectivity index (χ1) is 8.06. The monoisotopic (exact) mass is 314 g/mol. The summed E-state index contributed by atoms with van der Waals surface area (Å²) < 4.78 is 5.45. The van der Waals surface area contributed by atoms with Crippen LogP contribution in [0.15, 0.2) is 36.4 Å². The molecule has 2 aromatic carbocycles. The van der Waals surface area contributed by atoms with Crippen molar-refractivity contribution in [2.75, 3.05) is 0 Å². The third-order valence-corrected chi connectivity index (χ3v) is 2.80. The molecule has 0 spiro atoms. The summed E-state index contributed by atoms with van der Waals surface area (Å²) in [6, 6.07) is 9.39. The summed E-state index contributed by atoms with van der Waals surface area (Å²) in [5.41, 5.74) is 0. The third-order valence-electron chi connectivity index (χ3n) is 2.03. The fourth-order valence-electron chi connectivity index (χ4n) is 1.25. The Hall–Kier alpha value is -0.324. The molecule has 92 valence electrons. The van der Waals surface area contributed by atoms with Crippen molar-refractivity contribution in [3.05, 3.63) is 51.5 Å². The van der Waals surface area contributed by atoms with Gasteiger partial charge in [0.25, 0.3) is 0 Å². The predicted molar refractivity (Wildman–Crippen MR) is 78.2 cm³/mol. The van der Waals surface area contributed by atoms with E-state index in [9.17, 15) is 5.11 Å². The fourth-order valence-corrected chi connectivity index (χ4v) is 1.87. The Bertz CT molecular complexity index is 512. The molecule has 2 aromatic rings. The smallest absolute Gasteiger partial charge is 0.316 e. The standard InChI is InChI=1S/C12H7Cl3O2.Mg.2H/c13-7-1-3-11(9(15)5-7)17-12-4-2-8(14)6-10(12)16;;;/h1-6,16H;;;. The Balaban J connectivity index is 0.00000162. The maximum Gasteiger partial charge on any atom is 0.316 e. The molecule has 0 aromatic heterocycles. The van der Waals surface area contributed by atoms with E-state index < -0.39 is 0 Å². The van der Waals surface area contributed by atoms with E-state index in [1.165, 1.54) is 6.07 Å². The normalized spacial score (nSPS) is 9.72. The Morgan fingerprint density at radius 3 is 1.94 bits per heavy atom. The molecule has 0 saturated heterocycles. The zero-order valence-electron chi connectivity index (χ0n) is 8.45. The Morgan fingerprint density at radius 2 is 1.39 bits per heavy atom. The SMILES string of the molecule is Oc1cc(Cl)ccc1Oc1ccc(Cl)cc1Cl.[MgH2]. The number of hydrogen-bond donors (Lipinski definition) is 1. The van der Waals surface area contributed by atoms with Gasteiger partial charge >= 0.3 is 23.1 Å². The number of hydrogen-bond acceptors (Lipinski definition) is 2. The molecule has 0 aliphatic carbocycles. The second-order valence-corrected chi connectivity index (χ2v) is 4.57. The highest BCUT2D eigenvalue weighted by atomic mass is 35.5. The summed E-state index contributed by atoms with van der Waals surface area (Å²) in [7, 11) is 0. The van der Waals surface area contributed by atoms with Gasteiger partial charge in [-0.3, -0.25) is 0 Å². The van der Waals surface area contributed by atoms with Crippen LogP contribution in [-0.2, 0) is 0 Å². The topological polar surface area (TPSA) is 29.5 Å². The highest BCUT2D eigenvalue weighted by Crippen LogP contribution is 2.36. The van der Waals surface area contributed by atoms with Crippen molar-refractivity contribution in [1.29, 1.82) is 0 Å². The van der Waals surface area contributed by atoms with Crippen LogP contribution in [0.1, 0.15) is 0 Å². The van der Waals surface area contributed by atoms with Crippen molar-refractivity contribution in [1.82, 2.24) is 0 Å². The van der Waals surface area contributed by atoms with Gasteiger partial charge in [0.05, 0.1) is 5.02 Å². The maximum atomic E-state index is 9.62. The van der Waals surface area contributed by atoms with Crippen LogP contribution in [0.2, 0.25) is 15.1 Å². The van der Waals surface area contributed by atoms with Crippen molar-refractivity contribution < 1.29 is 9.84 Å².